The van der Waals surface area contributed by atoms with Crippen molar-refractivity contribution in [3.8, 4) is 0 Å². The number of rotatable bonds is 2. The van der Waals surface area contributed by atoms with E-state index in [2.05, 4.69) is 32.2 Å². The summed E-state index contributed by atoms with van der Waals surface area (Å²) in [7, 11) is 0. The van der Waals surface area contributed by atoms with Crippen molar-refractivity contribution in [1.29, 1.82) is 0 Å². The van der Waals surface area contributed by atoms with Gasteiger partial charge in [0.25, 0.3) is 0 Å². The first-order valence-corrected chi connectivity index (χ1v) is 8.19. The number of hydrogen-bond donors (Lipinski definition) is 0. The summed E-state index contributed by atoms with van der Waals surface area (Å²) in [5, 5.41) is 8.39. The molecule has 0 N–H and O–H groups in total. The van der Waals surface area contributed by atoms with Crippen LogP contribution in [0.4, 0.5) is 11.4 Å². The number of benzene rings is 1. The largest absolute Gasteiger partial charge is 0.370 e. The number of aromatic nitrogens is 2. The molecule has 5 nitrogen and oxygen atoms in total. The van der Waals surface area contributed by atoms with Crippen LogP contribution in [0.1, 0.15) is 38.5 Å². The van der Waals surface area contributed by atoms with Crippen molar-refractivity contribution in [1.82, 2.24) is 10.3 Å². The lowest BCUT2D eigenvalue weighted by atomic mass is 10.2. The second kappa shape index (κ2) is 5.54. The molecule has 4 rings (SSSR count). The molecule has 0 atom stereocenters. The number of hydrogen-bond acceptors (Lipinski definition) is 5. The third-order valence-corrected chi connectivity index (χ3v) is 4.77. The van der Waals surface area contributed by atoms with E-state index in [1.807, 2.05) is 0 Å². The monoisotopic (exact) mass is 286 g/mol. The van der Waals surface area contributed by atoms with Crippen molar-refractivity contribution in [2.24, 2.45) is 0 Å². The lowest BCUT2D eigenvalue weighted by Crippen LogP contribution is -2.24. The second-order valence-electron chi connectivity index (χ2n) is 6.16. The maximum Gasteiger partial charge on any atom is 0.160 e. The van der Waals surface area contributed by atoms with E-state index in [1.54, 1.807) is 0 Å². The van der Waals surface area contributed by atoms with Crippen molar-refractivity contribution in [3.63, 3.8) is 0 Å². The fourth-order valence-electron chi connectivity index (χ4n) is 3.62. The lowest BCUT2D eigenvalue weighted by molar-refractivity contribution is 0.315. The summed E-state index contributed by atoms with van der Waals surface area (Å²) >= 11 is 0. The molecule has 0 radical (unpaired) electrons. The molecule has 1 aromatic heterocycles. The zero-order chi connectivity index (χ0) is 14.1. The molecule has 2 aliphatic rings. The Morgan fingerprint density at radius 3 is 1.57 bits per heavy atom. The molecule has 0 unspecified atom stereocenters. The van der Waals surface area contributed by atoms with Crippen molar-refractivity contribution in [2.45, 2.75) is 38.5 Å². The molecule has 3 heterocycles. The summed E-state index contributed by atoms with van der Waals surface area (Å²) < 4.78 is 5.07. The topological polar surface area (TPSA) is 45.4 Å². The molecule has 21 heavy (non-hydrogen) atoms. The van der Waals surface area contributed by atoms with Gasteiger partial charge in [-0.05, 0) is 48.1 Å². The van der Waals surface area contributed by atoms with Gasteiger partial charge in [0.15, 0.2) is 11.0 Å². The van der Waals surface area contributed by atoms with Gasteiger partial charge in [0.05, 0.1) is 11.4 Å². The predicted molar refractivity (Wildman–Crippen MR) is 83.9 cm³/mol. The third-order valence-electron chi connectivity index (χ3n) is 4.77. The molecular weight excluding hydrogens is 264 g/mol. The number of anilines is 2. The number of fused-ring (bicyclic) bond motifs is 1. The third kappa shape index (κ3) is 2.34. The molecule has 0 spiro atoms. The van der Waals surface area contributed by atoms with Crippen LogP contribution in [0.5, 0.6) is 0 Å². The van der Waals surface area contributed by atoms with Crippen LogP contribution in [0.15, 0.2) is 16.8 Å². The van der Waals surface area contributed by atoms with E-state index in [0.29, 0.717) is 0 Å². The molecule has 0 amide bonds. The molecule has 2 aromatic rings. The first-order valence-electron chi connectivity index (χ1n) is 8.19. The maximum atomic E-state index is 5.07. The Morgan fingerprint density at radius 2 is 1.10 bits per heavy atom. The fourth-order valence-corrected chi connectivity index (χ4v) is 3.62. The Bertz CT molecular complexity index is 610. The quantitative estimate of drug-likeness (QED) is 0.848. The number of nitrogens with zero attached hydrogens (tertiary/aromatic N) is 4. The van der Waals surface area contributed by atoms with Gasteiger partial charge >= 0.3 is 0 Å². The van der Waals surface area contributed by atoms with Gasteiger partial charge in [-0.3, -0.25) is 0 Å². The standard InChI is InChI=1S/C16H22N4O/c1-2-4-10-19(9-3-1)13-7-8-14(20-11-5-6-12-20)16-15(13)17-21-18-16/h7-8H,1-6,9-12H2. The van der Waals surface area contributed by atoms with E-state index in [-0.39, 0.29) is 0 Å². The molecule has 0 saturated carbocycles. The van der Waals surface area contributed by atoms with Crippen LogP contribution >= 0.6 is 0 Å². The summed E-state index contributed by atoms with van der Waals surface area (Å²) in [6, 6.07) is 4.42. The van der Waals surface area contributed by atoms with Crippen LogP contribution in [-0.4, -0.2) is 36.5 Å². The SMILES string of the molecule is c1cc(N2CCCC2)c2nonc2c1N1CCCCCC1. The molecule has 1 aromatic carbocycles. The highest BCUT2D eigenvalue weighted by atomic mass is 16.6. The Morgan fingerprint density at radius 1 is 0.667 bits per heavy atom. The normalized spacial score (nSPS) is 20.2. The smallest absolute Gasteiger partial charge is 0.160 e. The molecular formula is C16H22N4O. The van der Waals surface area contributed by atoms with Crippen molar-refractivity contribution < 1.29 is 4.63 Å². The molecule has 2 fully saturated rings. The minimum atomic E-state index is 0.929. The van der Waals surface area contributed by atoms with Crippen LogP contribution in [0.2, 0.25) is 0 Å². The summed E-state index contributed by atoms with van der Waals surface area (Å²) in [5.74, 6) is 0. The highest BCUT2D eigenvalue weighted by Gasteiger charge is 2.22. The van der Waals surface area contributed by atoms with Gasteiger partial charge in [-0.1, -0.05) is 12.8 Å². The highest BCUT2D eigenvalue weighted by Crippen LogP contribution is 2.34. The first-order chi connectivity index (χ1) is 10.4. The van der Waals surface area contributed by atoms with Gasteiger partial charge in [-0.15, -0.1) is 0 Å². The Hall–Kier alpha value is -1.78. The first kappa shape index (κ1) is 12.9. The molecule has 2 aliphatic heterocycles. The summed E-state index contributed by atoms with van der Waals surface area (Å²) in [5.41, 5.74) is 4.23. The average molecular weight is 286 g/mol. The van der Waals surface area contributed by atoms with Gasteiger partial charge in [0.1, 0.15) is 0 Å². The van der Waals surface area contributed by atoms with Crippen LogP contribution in [0.25, 0.3) is 11.0 Å². The Balaban J connectivity index is 1.73. The summed E-state index contributed by atoms with van der Waals surface area (Å²) in [6.07, 6.45) is 7.73. The van der Waals surface area contributed by atoms with Crippen LogP contribution in [0, 0.1) is 0 Å². The van der Waals surface area contributed by atoms with Gasteiger partial charge in [0, 0.05) is 26.2 Å². The van der Waals surface area contributed by atoms with E-state index in [9.17, 15) is 0 Å². The van der Waals surface area contributed by atoms with Crippen molar-refractivity contribution >= 4 is 22.4 Å². The maximum absolute atomic E-state index is 5.07. The van der Waals surface area contributed by atoms with Gasteiger partial charge < -0.3 is 9.80 Å². The fraction of sp³-hybridized carbons (Fsp3) is 0.625. The second-order valence-corrected chi connectivity index (χ2v) is 6.16. The minimum Gasteiger partial charge on any atom is -0.370 e. The molecule has 112 valence electrons. The van der Waals surface area contributed by atoms with Crippen molar-refractivity contribution in [3.05, 3.63) is 12.1 Å². The molecule has 5 heteroatoms. The van der Waals surface area contributed by atoms with Gasteiger partial charge in [-0.25, -0.2) is 4.63 Å². The lowest BCUT2D eigenvalue weighted by Gasteiger charge is -2.24. The average Bonchev–Trinajstić information content (AvgIpc) is 3.13. The van der Waals surface area contributed by atoms with E-state index in [1.165, 1.54) is 49.9 Å². The summed E-state index contributed by atoms with van der Waals surface area (Å²) in [6.45, 7) is 4.46. The van der Waals surface area contributed by atoms with E-state index < -0.39 is 0 Å². The zero-order valence-electron chi connectivity index (χ0n) is 12.4. The van der Waals surface area contributed by atoms with Crippen LogP contribution < -0.4 is 9.80 Å². The van der Waals surface area contributed by atoms with Crippen molar-refractivity contribution in [2.75, 3.05) is 36.0 Å². The van der Waals surface area contributed by atoms with E-state index >= 15 is 0 Å². The van der Waals surface area contributed by atoms with Gasteiger partial charge in [-0.2, -0.15) is 0 Å². The van der Waals surface area contributed by atoms with Gasteiger partial charge in [0.2, 0.25) is 0 Å². The van der Waals surface area contributed by atoms with E-state index in [0.717, 1.165) is 37.2 Å². The Kier molecular flexibility index (Phi) is 3.41. The minimum absolute atomic E-state index is 0.929. The summed E-state index contributed by atoms with van der Waals surface area (Å²) in [4.78, 5) is 4.85. The molecule has 0 aliphatic carbocycles. The molecule has 2 saturated heterocycles. The highest BCUT2D eigenvalue weighted by molar-refractivity contribution is 5.96. The predicted octanol–water partition coefficient (Wildman–Crippen LogP) is 3.20. The van der Waals surface area contributed by atoms with Crippen LogP contribution in [0.3, 0.4) is 0 Å². The molecule has 0 bridgehead atoms. The van der Waals surface area contributed by atoms with E-state index in [4.69, 9.17) is 4.63 Å². The van der Waals surface area contributed by atoms with Crippen LogP contribution in [-0.2, 0) is 0 Å². The Labute approximate surface area is 124 Å². The zero-order valence-corrected chi connectivity index (χ0v) is 12.4.